The molecule has 10 heteroatoms. The third-order valence-corrected chi connectivity index (χ3v) is 10.1. The van der Waals surface area contributed by atoms with E-state index in [0.717, 1.165) is 61.1 Å². The maximum Gasteiger partial charge on any atom is 0.526 e. The maximum absolute atomic E-state index is 9.83. The molecule has 0 aliphatic heterocycles. The summed E-state index contributed by atoms with van der Waals surface area (Å²) >= 11 is 0. The number of anilines is 2. The summed E-state index contributed by atoms with van der Waals surface area (Å²) in [6.45, 7) is 28.9. The molecule has 0 N–H and O–H groups in total. The Kier molecular flexibility index (Phi) is 26.3. The molecule has 0 bridgehead atoms. The number of ether oxygens (including phenoxy) is 1. The molecule has 4 aromatic rings. The number of benzene rings is 4. The molecule has 10 nitrogen and oxygen atoms in total. The van der Waals surface area contributed by atoms with E-state index in [9.17, 15) is 5.26 Å². The van der Waals surface area contributed by atoms with Crippen molar-refractivity contribution in [2.45, 2.75) is 93.4 Å². The van der Waals surface area contributed by atoms with E-state index in [0.29, 0.717) is 21.2 Å². The fourth-order valence-electron chi connectivity index (χ4n) is 6.40. The number of rotatable bonds is 16. The van der Waals surface area contributed by atoms with Gasteiger partial charge in [0.15, 0.2) is 0 Å². The Morgan fingerprint density at radius 3 is 1.31 bits per heavy atom. The lowest BCUT2D eigenvalue weighted by molar-refractivity contribution is 0.414. The standard InChI is InChI=1S/C26H28N4.C15H25NO.C12H4N4.CH4/c1-4-6-14-30(15-7-5-2)24-12-13-25(20(3)16-24)26(19-29)22-10-8-21(9-11-22)23(17-27)18-28;1-4-6-11-16(12-7-5-2)14-9-8-10-15(13-14)17-3;1-15-12(16-2)10-5-3-9(4-6-10)11(7-13)8-14;/h8-13,16H,4-7,14-15H2,1-3H3;8-10,13H,4-7,11-12H2,1-3H3;3-6H;1H4. The number of hydrogen-bond donors (Lipinski definition) is 0. The van der Waals surface area contributed by atoms with Crippen molar-refractivity contribution in [3.8, 4) is 36.1 Å². The molecular formula is C54H61N9O. The predicted molar refractivity (Wildman–Crippen MR) is 260 cm³/mol. The van der Waals surface area contributed by atoms with Gasteiger partial charge < -0.3 is 14.5 Å². The number of hydrogen-bond acceptors (Lipinski definition) is 8. The van der Waals surface area contributed by atoms with Gasteiger partial charge in [0.25, 0.3) is 0 Å². The summed E-state index contributed by atoms with van der Waals surface area (Å²) in [6.07, 6.45) is 9.65. The minimum Gasteiger partial charge on any atom is -0.497 e. The van der Waals surface area contributed by atoms with Crippen LogP contribution in [0.5, 0.6) is 5.75 Å². The minimum atomic E-state index is -0.0259. The van der Waals surface area contributed by atoms with Crippen molar-refractivity contribution < 1.29 is 4.74 Å². The number of nitrogens with zero attached hydrogens (tertiary/aromatic N) is 9. The van der Waals surface area contributed by atoms with E-state index in [1.807, 2.05) is 31.2 Å². The highest BCUT2D eigenvalue weighted by Crippen LogP contribution is 2.24. The van der Waals surface area contributed by atoms with Crippen molar-refractivity contribution in [3.05, 3.63) is 146 Å². The normalized spacial score (nSPS) is 9.30. The lowest BCUT2D eigenvalue weighted by Crippen LogP contribution is -2.25. The monoisotopic (exact) mass is 851 g/mol. The van der Waals surface area contributed by atoms with Crippen LogP contribution in [-0.2, 0) is 0 Å². The van der Waals surface area contributed by atoms with E-state index in [4.69, 9.17) is 38.9 Å². The summed E-state index contributed by atoms with van der Waals surface area (Å²) in [5.74, 6) is 0.919. The fourth-order valence-corrected chi connectivity index (χ4v) is 6.40. The van der Waals surface area contributed by atoms with E-state index >= 15 is 0 Å². The quantitative estimate of drug-likeness (QED) is 0.101. The summed E-state index contributed by atoms with van der Waals surface area (Å²) in [5.41, 5.74) is 5.13. The van der Waals surface area contributed by atoms with E-state index in [1.54, 1.807) is 67.8 Å². The molecule has 0 unspecified atom stereocenters. The maximum atomic E-state index is 9.83. The molecule has 0 radical (unpaired) electrons. The Hall–Kier alpha value is -7.81. The van der Waals surface area contributed by atoms with Crippen molar-refractivity contribution in [2.75, 3.05) is 43.1 Å². The molecule has 0 heterocycles. The molecule has 4 rings (SSSR count). The van der Waals surface area contributed by atoms with Crippen molar-refractivity contribution in [2.24, 2.45) is 0 Å². The molecule has 0 spiro atoms. The van der Waals surface area contributed by atoms with Gasteiger partial charge in [0, 0.05) is 54.1 Å². The van der Waals surface area contributed by atoms with E-state index in [2.05, 4.69) is 83.6 Å². The molecule has 0 aliphatic rings. The fraction of sp³-hybridized carbons (Fsp3) is 0.352. The van der Waals surface area contributed by atoms with Gasteiger partial charge >= 0.3 is 5.82 Å². The molecule has 0 aromatic heterocycles. The first-order valence-corrected chi connectivity index (χ1v) is 21.4. The molecule has 0 fully saturated rings. The van der Waals surface area contributed by atoms with Crippen LogP contribution in [-0.4, -0.2) is 33.3 Å². The Labute approximate surface area is 382 Å². The van der Waals surface area contributed by atoms with Crippen LogP contribution in [0.2, 0.25) is 0 Å². The highest BCUT2D eigenvalue weighted by Gasteiger charge is 2.12. The largest absolute Gasteiger partial charge is 0.526 e. The summed E-state index contributed by atoms with van der Waals surface area (Å²) in [6, 6.07) is 37.6. The lowest BCUT2D eigenvalue weighted by Gasteiger charge is -2.25. The second-order valence-corrected chi connectivity index (χ2v) is 14.5. The molecular weight excluding hydrogens is 791 g/mol. The zero-order chi connectivity index (χ0) is 46.4. The van der Waals surface area contributed by atoms with Crippen LogP contribution >= 0.6 is 0 Å². The van der Waals surface area contributed by atoms with Crippen LogP contribution in [0.15, 0.2) is 91.0 Å². The van der Waals surface area contributed by atoms with Crippen LogP contribution < -0.4 is 35.4 Å². The predicted octanol–water partition coefficient (Wildman–Crippen LogP) is 9.85. The minimum absolute atomic E-state index is 0. The highest BCUT2D eigenvalue weighted by atomic mass is 16.5. The van der Waals surface area contributed by atoms with Gasteiger partial charge in [0.1, 0.15) is 60.4 Å². The van der Waals surface area contributed by atoms with Crippen molar-refractivity contribution in [1.29, 1.82) is 26.3 Å². The first-order chi connectivity index (χ1) is 30.7. The molecule has 0 saturated heterocycles. The van der Waals surface area contributed by atoms with E-state index < -0.39 is 0 Å². The van der Waals surface area contributed by atoms with Gasteiger partial charge in [-0.25, -0.2) is 0 Å². The third kappa shape index (κ3) is 16.9. The van der Waals surface area contributed by atoms with E-state index in [-0.39, 0.29) is 24.4 Å². The van der Waals surface area contributed by atoms with Gasteiger partial charge in [-0.3, -0.25) is 0 Å². The highest BCUT2D eigenvalue weighted by molar-refractivity contribution is 5.79. The summed E-state index contributed by atoms with van der Waals surface area (Å²) < 4.78 is 5.29. The Balaban J connectivity index is 0.000000514. The lowest BCUT2D eigenvalue weighted by atomic mass is 9.98. The zero-order valence-corrected chi connectivity index (χ0v) is 37.6. The zero-order valence-electron chi connectivity index (χ0n) is 37.6. The first-order valence-electron chi connectivity index (χ1n) is 21.4. The second kappa shape index (κ2) is 31.1. The van der Waals surface area contributed by atoms with Gasteiger partial charge in [0.05, 0.1) is 17.9 Å². The summed E-state index contributed by atoms with van der Waals surface area (Å²) in [5, 5.41) is 47.5. The van der Waals surface area contributed by atoms with Gasteiger partial charge in [-0.1, -0.05) is 121 Å². The summed E-state index contributed by atoms with van der Waals surface area (Å²) in [4.78, 5) is 11.0. The molecule has 0 aliphatic carbocycles. The number of aryl methyl sites for hydroxylation is 1. The molecule has 0 amide bonds. The molecule has 0 saturated carbocycles. The number of unbranched alkanes of at least 4 members (excludes halogenated alkanes) is 4. The average Bonchev–Trinajstić information content (AvgIpc) is 3.32. The smallest absolute Gasteiger partial charge is 0.497 e. The van der Waals surface area contributed by atoms with Crippen LogP contribution in [0, 0.1) is 76.7 Å². The van der Waals surface area contributed by atoms with Crippen LogP contribution in [0.4, 0.5) is 11.4 Å². The van der Waals surface area contributed by atoms with Gasteiger partial charge in [-0.2, -0.15) is 36.0 Å². The van der Waals surface area contributed by atoms with Crippen LogP contribution in [0.3, 0.4) is 0 Å². The SMILES string of the molecule is C.CCCCN(CCCC)c1ccc(C(C#N)=c2ccc(=C(C#N)C#N)cc2)c(C)c1.CCCCN(CCCC)c1cccc(OC)c1.[C-]#[N+]C([N+]#[C-])=c1ccc(=C(C#N)C#N)cc1. The van der Waals surface area contributed by atoms with Gasteiger partial charge in [-0.05, 0) is 73.2 Å². The van der Waals surface area contributed by atoms with Crippen molar-refractivity contribution >= 4 is 33.9 Å². The van der Waals surface area contributed by atoms with Crippen LogP contribution in [0.25, 0.3) is 32.2 Å². The van der Waals surface area contributed by atoms with Crippen LogP contribution in [0.1, 0.15) is 97.6 Å². The second-order valence-electron chi connectivity index (χ2n) is 14.5. The topological polar surface area (TPSA) is 143 Å². The molecule has 0 atom stereocenters. The number of methoxy groups -OCH3 is 1. The first kappa shape index (κ1) is 54.2. The van der Waals surface area contributed by atoms with Gasteiger partial charge in [0.2, 0.25) is 0 Å². The van der Waals surface area contributed by atoms with E-state index in [1.165, 1.54) is 49.9 Å². The average molecular weight is 852 g/mol. The Bertz CT molecular complexity index is 2510. The molecule has 64 heavy (non-hydrogen) atoms. The molecule has 328 valence electrons. The third-order valence-electron chi connectivity index (χ3n) is 10.1. The molecule has 4 aromatic carbocycles. The number of nitriles is 5. The summed E-state index contributed by atoms with van der Waals surface area (Å²) in [7, 11) is 1.72. The van der Waals surface area contributed by atoms with Gasteiger partial charge in [-0.15, -0.1) is 0 Å². The Morgan fingerprint density at radius 2 is 0.953 bits per heavy atom. The van der Waals surface area contributed by atoms with Crippen molar-refractivity contribution in [1.82, 2.24) is 0 Å². The van der Waals surface area contributed by atoms with Crippen molar-refractivity contribution in [3.63, 3.8) is 0 Å². The Morgan fingerprint density at radius 1 is 0.547 bits per heavy atom.